The molecule has 28 heavy (non-hydrogen) atoms. The van der Waals surface area contributed by atoms with Crippen molar-refractivity contribution in [1.82, 2.24) is 14.8 Å². The number of hydrogen-bond acceptors (Lipinski definition) is 7. The van der Waals surface area contributed by atoms with Crippen molar-refractivity contribution in [2.45, 2.75) is 29.3 Å². The second kappa shape index (κ2) is 6.82. The highest BCUT2D eigenvalue weighted by molar-refractivity contribution is 8.02. The molecule has 144 valence electrons. The van der Waals surface area contributed by atoms with Crippen LogP contribution in [0.1, 0.15) is 12.5 Å². The van der Waals surface area contributed by atoms with E-state index in [1.54, 1.807) is 13.1 Å². The number of carbonyl (C=O) groups excluding carboxylic acids is 3. The number of nitrogens with two attached hydrogens (primary N) is 1. The zero-order valence-electron chi connectivity index (χ0n) is 15.1. The van der Waals surface area contributed by atoms with Gasteiger partial charge in [0.05, 0.1) is 25.3 Å². The third kappa shape index (κ3) is 2.68. The SMILES string of the molecule is [B]OC(=O)[C@@]1(N2C(=O)N(/N=C/c3ccccc3)C[C@@H]2C)CN2C(=O)C(N)[C@H]2S1. The summed E-state index contributed by atoms with van der Waals surface area (Å²) in [5.41, 5.74) is 6.69. The predicted octanol–water partition coefficient (Wildman–Crippen LogP) is -0.288. The topological polar surface area (TPSA) is 109 Å². The highest BCUT2D eigenvalue weighted by Gasteiger charge is 2.66. The fourth-order valence-corrected chi connectivity index (χ4v) is 5.46. The van der Waals surface area contributed by atoms with Crippen LogP contribution in [0.4, 0.5) is 4.79 Å². The number of amides is 3. The van der Waals surface area contributed by atoms with E-state index in [1.165, 1.54) is 14.8 Å². The van der Waals surface area contributed by atoms with Crippen molar-refractivity contribution >= 4 is 43.9 Å². The lowest BCUT2D eigenvalue weighted by molar-refractivity contribution is -0.147. The summed E-state index contributed by atoms with van der Waals surface area (Å²) in [6.07, 6.45) is 1.58. The third-order valence-corrected chi connectivity index (χ3v) is 6.82. The van der Waals surface area contributed by atoms with Gasteiger partial charge >= 0.3 is 20.0 Å². The Labute approximate surface area is 167 Å². The van der Waals surface area contributed by atoms with E-state index in [2.05, 4.69) is 9.76 Å². The van der Waals surface area contributed by atoms with Crippen LogP contribution < -0.4 is 5.73 Å². The van der Waals surface area contributed by atoms with Gasteiger partial charge in [0.25, 0.3) is 0 Å². The third-order valence-electron chi connectivity index (χ3n) is 5.15. The minimum Gasteiger partial charge on any atom is -0.541 e. The number of fused-ring (bicyclic) bond motifs is 1. The zero-order valence-corrected chi connectivity index (χ0v) is 15.9. The number of carbonyl (C=O) groups is 3. The fourth-order valence-electron chi connectivity index (χ4n) is 3.76. The van der Waals surface area contributed by atoms with Crippen LogP contribution in [0.2, 0.25) is 0 Å². The molecule has 3 aliphatic heterocycles. The van der Waals surface area contributed by atoms with Crippen molar-refractivity contribution in [3.05, 3.63) is 35.9 Å². The molecule has 1 aromatic rings. The van der Waals surface area contributed by atoms with Gasteiger partial charge in [0.15, 0.2) is 0 Å². The van der Waals surface area contributed by atoms with Crippen LogP contribution in [-0.4, -0.2) is 82.4 Å². The molecule has 0 saturated carbocycles. The van der Waals surface area contributed by atoms with E-state index in [0.717, 1.165) is 17.3 Å². The van der Waals surface area contributed by atoms with Crippen LogP contribution in [0.5, 0.6) is 0 Å². The van der Waals surface area contributed by atoms with Crippen LogP contribution in [0, 0.1) is 0 Å². The maximum absolute atomic E-state index is 13.1. The number of nitrogens with zero attached hydrogens (tertiary/aromatic N) is 4. The average molecular weight is 399 g/mol. The fraction of sp³-hybridized carbons (Fsp3) is 0.412. The minimum atomic E-state index is -1.45. The van der Waals surface area contributed by atoms with Crippen molar-refractivity contribution in [3.8, 4) is 0 Å². The predicted molar refractivity (Wildman–Crippen MR) is 103 cm³/mol. The van der Waals surface area contributed by atoms with Gasteiger partial charge in [-0.3, -0.25) is 14.5 Å². The molecule has 4 atom stereocenters. The van der Waals surface area contributed by atoms with Gasteiger partial charge in [-0.25, -0.2) is 9.80 Å². The van der Waals surface area contributed by atoms with Crippen LogP contribution in [0.25, 0.3) is 0 Å². The molecule has 0 spiro atoms. The molecule has 1 unspecified atom stereocenters. The number of urea groups is 1. The number of benzene rings is 1. The Morgan fingerprint density at radius 1 is 1.39 bits per heavy atom. The molecular formula is C17H18BN5O4S. The number of rotatable bonds is 4. The summed E-state index contributed by atoms with van der Waals surface area (Å²) in [6.45, 7) is 2.07. The van der Waals surface area contributed by atoms with E-state index in [-0.39, 0.29) is 25.0 Å². The Morgan fingerprint density at radius 2 is 2.11 bits per heavy atom. The molecular weight excluding hydrogens is 381 g/mol. The molecule has 9 nitrogen and oxygen atoms in total. The molecule has 3 aliphatic rings. The molecule has 2 radical (unpaired) electrons. The monoisotopic (exact) mass is 399 g/mol. The Morgan fingerprint density at radius 3 is 2.75 bits per heavy atom. The van der Waals surface area contributed by atoms with Gasteiger partial charge in [0.1, 0.15) is 11.4 Å². The lowest BCUT2D eigenvalue weighted by Gasteiger charge is -2.38. The Kier molecular flexibility index (Phi) is 4.58. The van der Waals surface area contributed by atoms with Crippen LogP contribution in [0.3, 0.4) is 0 Å². The normalized spacial score (nSPS) is 32.1. The summed E-state index contributed by atoms with van der Waals surface area (Å²) in [7, 11) is 5.17. The molecule has 4 rings (SSSR count). The number of β-lactam (4-membered cyclic amide) rings is 1. The first-order chi connectivity index (χ1) is 13.4. The van der Waals surface area contributed by atoms with Crippen molar-refractivity contribution < 1.29 is 19.0 Å². The van der Waals surface area contributed by atoms with Crippen molar-refractivity contribution in [2.75, 3.05) is 13.1 Å². The Bertz CT molecular complexity index is 855. The highest BCUT2D eigenvalue weighted by Crippen LogP contribution is 2.50. The lowest BCUT2D eigenvalue weighted by atomic mass is 10.1. The van der Waals surface area contributed by atoms with Crippen LogP contribution >= 0.6 is 11.8 Å². The summed E-state index contributed by atoms with van der Waals surface area (Å²) >= 11 is 1.13. The summed E-state index contributed by atoms with van der Waals surface area (Å²) in [5, 5.41) is 5.16. The zero-order chi connectivity index (χ0) is 20.1. The molecule has 3 saturated heterocycles. The average Bonchev–Trinajstić information content (AvgIpc) is 3.22. The first-order valence-electron chi connectivity index (χ1n) is 8.74. The molecule has 0 aromatic heterocycles. The van der Waals surface area contributed by atoms with Gasteiger partial charge in [-0.1, -0.05) is 42.1 Å². The van der Waals surface area contributed by atoms with Gasteiger partial charge in [-0.05, 0) is 12.5 Å². The smallest absolute Gasteiger partial charge is 0.378 e. The summed E-state index contributed by atoms with van der Waals surface area (Å²) < 4.78 is 4.52. The number of hydrogen-bond donors (Lipinski definition) is 1. The summed E-state index contributed by atoms with van der Waals surface area (Å²) in [6, 6.07) is 7.84. The maximum atomic E-state index is 13.1. The van der Waals surface area contributed by atoms with E-state index in [1.807, 2.05) is 30.3 Å². The standard InChI is InChI=1S/C17H18BN5O4S/c1-10-8-22(20-7-11-5-3-2-4-6-11)16(26)23(10)17(15(25)27-18)9-21-13(24)12(19)14(21)28-17/h2-7,10,12,14H,8-9,19H2,1H3/b20-7+/t10-,12?,14+,17+/m0/s1. The van der Waals surface area contributed by atoms with E-state index < -0.39 is 28.3 Å². The number of thioether (sulfide) groups is 1. The second-order valence-electron chi connectivity index (χ2n) is 6.93. The molecule has 3 heterocycles. The number of hydrazone groups is 1. The van der Waals surface area contributed by atoms with Gasteiger partial charge in [0, 0.05) is 0 Å². The van der Waals surface area contributed by atoms with E-state index in [0.29, 0.717) is 0 Å². The van der Waals surface area contributed by atoms with Crippen LogP contribution in [-0.2, 0) is 14.2 Å². The van der Waals surface area contributed by atoms with Crippen molar-refractivity contribution in [2.24, 2.45) is 10.8 Å². The van der Waals surface area contributed by atoms with Crippen molar-refractivity contribution in [1.29, 1.82) is 0 Å². The summed E-state index contributed by atoms with van der Waals surface area (Å²) in [4.78, 5) is 39.2. The second-order valence-corrected chi connectivity index (χ2v) is 8.32. The molecule has 3 amide bonds. The lowest BCUT2D eigenvalue weighted by Crippen LogP contribution is -2.65. The van der Waals surface area contributed by atoms with Gasteiger partial charge in [-0.15, -0.1) is 0 Å². The first-order valence-corrected chi connectivity index (χ1v) is 9.62. The molecule has 3 fully saturated rings. The van der Waals surface area contributed by atoms with E-state index in [4.69, 9.17) is 13.8 Å². The highest BCUT2D eigenvalue weighted by atomic mass is 32.2. The Hall–Kier alpha value is -2.53. The molecule has 2 N–H and O–H groups in total. The van der Waals surface area contributed by atoms with E-state index >= 15 is 0 Å². The maximum Gasteiger partial charge on any atom is 0.378 e. The molecule has 0 bridgehead atoms. The summed E-state index contributed by atoms with van der Waals surface area (Å²) in [5.74, 6) is -1.05. The van der Waals surface area contributed by atoms with Gasteiger partial charge in [0.2, 0.25) is 10.8 Å². The van der Waals surface area contributed by atoms with Crippen molar-refractivity contribution in [3.63, 3.8) is 0 Å². The van der Waals surface area contributed by atoms with Crippen LogP contribution in [0.15, 0.2) is 35.4 Å². The molecule has 0 aliphatic carbocycles. The molecule has 1 aromatic carbocycles. The van der Waals surface area contributed by atoms with Gasteiger partial charge < -0.3 is 15.3 Å². The Balaban J connectivity index is 1.61. The first kappa shape index (κ1) is 18.8. The molecule has 11 heteroatoms. The van der Waals surface area contributed by atoms with E-state index in [9.17, 15) is 14.4 Å². The minimum absolute atomic E-state index is 0.0166. The quantitative estimate of drug-likeness (QED) is 0.424. The van der Waals surface area contributed by atoms with Gasteiger partial charge in [-0.2, -0.15) is 5.10 Å². The largest absolute Gasteiger partial charge is 0.541 e.